The molecule has 1 atom stereocenters. The van der Waals surface area contributed by atoms with E-state index in [1.54, 1.807) is 36.4 Å². The van der Waals surface area contributed by atoms with E-state index >= 15 is 0 Å². The number of para-hydroxylation sites is 1. The number of nitrogens with one attached hydrogen (secondary N) is 1. The Labute approximate surface area is 156 Å². The van der Waals surface area contributed by atoms with Gasteiger partial charge in [-0.2, -0.15) is 5.26 Å². The molecule has 6 heteroatoms. The molecule has 0 aliphatic heterocycles. The number of rotatable bonds is 5. The number of aryl methyl sites for hydroxylation is 1. The Morgan fingerprint density at radius 3 is 2.69 bits per heavy atom. The Morgan fingerprint density at radius 1 is 1.27 bits per heavy atom. The fraction of sp³-hybridized carbons (Fsp3) is 0.150. The highest BCUT2D eigenvalue weighted by molar-refractivity contribution is 6.31. The molecule has 0 spiro atoms. The Morgan fingerprint density at radius 2 is 2.00 bits per heavy atom. The van der Waals surface area contributed by atoms with E-state index in [2.05, 4.69) is 5.32 Å². The summed E-state index contributed by atoms with van der Waals surface area (Å²) in [6, 6.07) is 14.0. The third-order valence-electron chi connectivity index (χ3n) is 3.58. The maximum absolute atomic E-state index is 12.1. The third-order valence-corrected chi connectivity index (χ3v) is 3.98. The van der Waals surface area contributed by atoms with E-state index in [1.807, 2.05) is 25.1 Å². The molecule has 0 fully saturated rings. The van der Waals surface area contributed by atoms with Gasteiger partial charge in [0.1, 0.15) is 6.07 Å². The minimum atomic E-state index is -1.01. The van der Waals surface area contributed by atoms with Gasteiger partial charge in [0.25, 0.3) is 5.91 Å². The average molecular weight is 369 g/mol. The molecule has 26 heavy (non-hydrogen) atoms. The van der Waals surface area contributed by atoms with E-state index < -0.39 is 18.0 Å². The summed E-state index contributed by atoms with van der Waals surface area (Å²) in [7, 11) is 0. The lowest BCUT2D eigenvalue weighted by atomic mass is 10.1. The maximum atomic E-state index is 12.1. The molecular formula is C20H17ClN2O3. The third kappa shape index (κ3) is 5.20. The normalized spacial score (nSPS) is 11.6. The first-order valence-electron chi connectivity index (χ1n) is 7.85. The molecule has 1 N–H and O–H groups in total. The summed E-state index contributed by atoms with van der Waals surface area (Å²) in [6.45, 7) is 3.34. The zero-order valence-electron chi connectivity index (χ0n) is 14.3. The molecule has 2 aromatic rings. The van der Waals surface area contributed by atoms with Crippen LogP contribution < -0.4 is 5.32 Å². The largest absolute Gasteiger partial charge is 0.449 e. The topological polar surface area (TPSA) is 79.2 Å². The molecule has 2 aromatic carbocycles. The van der Waals surface area contributed by atoms with Crippen LogP contribution in [0, 0.1) is 18.3 Å². The van der Waals surface area contributed by atoms with Gasteiger partial charge in [0.2, 0.25) is 0 Å². The van der Waals surface area contributed by atoms with Gasteiger partial charge in [0, 0.05) is 11.1 Å². The van der Waals surface area contributed by atoms with Crippen molar-refractivity contribution in [2.75, 3.05) is 5.32 Å². The van der Waals surface area contributed by atoms with Gasteiger partial charge in [-0.3, -0.25) is 4.79 Å². The lowest BCUT2D eigenvalue weighted by Crippen LogP contribution is -2.29. The molecule has 0 aliphatic rings. The van der Waals surface area contributed by atoms with Crippen molar-refractivity contribution >= 4 is 35.2 Å². The SMILES string of the molecule is Cc1ccc(/C=C/C(=O)O[C@@H](C)C(=O)Nc2ccccc2C#N)cc1Cl. The number of carbonyl (C=O) groups excluding carboxylic acids is 2. The quantitative estimate of drug-likeness (QED) is 0.636. The van der Waals surface area contributed by atoms with Crippen LogP contribution in [0.1, 0.15) is 23.6 Å². The molecule has 0 heterocycles. The smallest absolute Gasteiger partial charge is 0.331 e. The predicted molar refractivity (Wildman–Crippen MR) is 101 cm³/mol. The summed E-state index contributed by atoms with van der Waals surface area (Å²) in [5.41, 5.74) is 2.38. The molecule has 0 radical (unpaired) electrons. The standard InChI is InChI=1S/C20H17ClN2O3/c1-13-7-8-15(11-17(13)21)9-10-19(24)26-14(2)20(25)23-18-6-4-3-5-16(18)12-22/h3-11,14H,1-2H3,(H,23,25)/b10-9+/t14-/m0/s1. The Balaban J connectivity index is 1.95. The summed E-state index contributed by atoms with van der Waals surface area (Å²) >= 11 is 6.03. The molecule has 1 amide bonds. The molecule has 0 saturated heterocycles. The van der Waals surface area contributed by atoms with Gasteiger partial charge in [0.05, 0.1) is 11.3 Å². The number of esters is 1. The van der Waals surface area contributed by atoms with Crippen LogP contribution in [0.4, 0.5) is 5.69 Å². The number of amides is 1. The highest BCUT2D eigenvalue weighted by Gasteiger charge is 2.17. The van der Waals surface area contributed by atoms with E-state index in [0.717, 1.165) is 11.1 Å². The first-order chi connectivity index (χ1) is 12.4. The maximum Gasteiger partial charge on any atom is 0.331 e. The summed E-state index contributed by atoms with van der Waals surface area (Å²) in [6.07, 6.45) is 1.78. The zero-order chi connectivity index (χ0) is 19.1. The number of hydrogen-bond acceptors (Lipinski definition) is 4. The molecule has 2 rings (SSSR count). The fourth-order valence-corrected chi connectivity index (χ4v) is 2.26. The highest BCUT2D eigenvalue weighted by Crippen LogP contribution is 2.18. The monoisotopic (exact) mass is 368 g/mol. The summed E-state index contributed by atoms with van der Waals surface area (Å²) in [5.74, 6) is -1.18. The van der Waals surface area contributed by atoms with E-state index in [1.165, 1.54) is 13.0 Å². The second-order valence-corrected chi connectivity index (χ2v) is 5.97. The van der Waals surface area contributed by atoms with Crippen LogP contribution in [0.2, 0.25) is 5.02 Å². The molecule has 0 aliphatic carbocycles. The van der Waals surface area contributed by atoms with Crippen molar-refractivity contribution in [3.05, 3.63) is 70.3 Å². The zero-order valence-corrected chi connectivity index (χ0v) is 15.1. The number of ether oxygens (including phenoxy) is 1. The molecule has 0 unspecified atom stereocenters. The molecular weight excluding hydrogens is 352 g/mol. The van der Waals surface area contributed by atoms with Gasteiger partial charge in [-0.15, -0.1) is 0 Å². The fourth-order valence-electron chi connectivity index (χ4n) is 2.07. The van der Waals surface area contributed by atoms with Crippen molar-refractivity contribution in [3.63, 3.8) is 0 Å². The highest BCUT2D eigenvalue weighted by atomic mass is 35.5. The van der Waals surface area contributed by atoms with Crippen LogP contribution in [-0.2, 0) is 14.3 Å². The summed E-state index contributed by atoms with van der Waals surface area (Å²) < 4.78 is 5.08. The minimum Gasteiger partial charge on any atom is -0.449 e. The van der Waals surface area contributed by atoms with Crippen LogP contribution in [0.15, 0.2) is 48.5 Å². The van der Waals surface area contributed by atoms with Gasteiger partial charge in [-0.25, -0.2) is 4.79 Å². The van der Waals surface area contributed by atoms with E-state index in [4.69, 9.17) is 21.6 Å². The van der Waals surface area contributed by atoms with Gasteiger partial charge < -0.3 is 10.1 Å². The predicted octanol–water partition coefficient (Wildman–Crippen LogP) is 4.10. The van der Waals surface area contributed by atoms with Crippen molar-refractivity contribution in [1.29, 1.82) is 5.26 Å². The average Bonchev–Trinajstić information content (AvgIpc) is 2.63. The summed E-state index contributed by atoms with van der Waals surface area (Å²) in [4.78, 5) is 24.0. The van der Waals surface area contributed by atoms with E-state index in [-0.39, 0.29) is 0 Å². The number of benzene rings is 2. The van der Waals surface area contributed by atoms with Crippen molar-refractivity contribution in [2.24, 2.45) is 0 Å². The number of nitriles is 1. The number of nitrogens with zero attached hydrogens (tertiary/aromatic N) is 1. The van der Waals surface area contributed by atoms with Gasteiger partial charge in [-0.05, 0) is 49.2 Å². The Hall–Kier alpha value is -3.10. The van der Waals surface area contributed by atoms with Crippen LogP contribution >= 0.6 is 11.6 Å². The van der Waals surface area contributed by atoms with Crippen molar-refractivity contribution in [1.82, 2.24) is 0 Å². The number of hydrogen-bond donors (Lipinski definition) is 1. The van der Waals surface area contributed by atoms with Crippen molar-refractivity contribution < 1.29 is 14.3 Å². The second kappa shape index (κ2) is 8.84. The number of anilines is 1. The van der Waals surface area contributed by atoms with Crippen LogP contribution in [0.5, 0.6) is 0 Å². The van der Waals surface area contributed by atoms with Crippen molar-refractivity contribution in [2.45, 2.75) is 20.0 Å². The summed E-state index contributed by atoms with van der Waals surface area (Å²) in [5, 5.41) is 12.2. The molecule has 0 bridgehead atoms. The van der Waals surface area contributed by atoms with Crippen LogP contribution in [-0.4, -0.2) is 18.0 Å². The van der Waals surface area contributed by atoms with Gasteiger partial charge in [-0.1, -0.05) is 35.9 Å². The second-order valence-electron chi connectivity index (χ2n) is 5.57. The first kappa shape index (κ1) is 19.2. The number of carbonyl (C=O) groups is 2. The van der Waals surface area contributed by atoms with E-state index in [0.29, 0.717) is 16.3 Å². The first-order valence-corrected chi connectivity index (χ1v) is 8.23. The Kier molecular flexibility index (Phi) is 6.54. The van der Waals surface area contributed by atoms with Gasteiger partial charge in [0.15, 0.2) is 6.10 Å². The van der Waals surface area contributed by atoms with E-state index in [9.17, 15) is 9.59 Å². The van der Waals surface area contributed by atoms with Gasteiger partial charge >= 0.3 is 5.97 Å². The number of halogens is 1. The minimum absolute atomic E-state index is 0.329. The van der Waals surface area contributed by atoms with Crippen LogP contribution in [0.3, 0.4) is 0 Å². The molecule has 0 aromatic heterocycles. The van der Waals surface area contributed by atoms with Crippen LogP contribution in [0.25, 0.3) is 6.08 Å². The molecule has 5 nitrogen and oxygen atoms in total. The lowest BCUT2D eigenvalue weighted by molar-refractivity contribution is -0.148. The molecule has 132 valence electrons. The lowest BCUT2D eigenvalue weighted by Gasteiger charge is -2.13. The molecule has 0 saturated carbocycles. The van der Waals surface area contributed by atoms with Crippen molar-refractivity contribution in [3.8, 4) is 6.07 Å². The Bertz CT molecular complexity index is 900.